The van der Waals surface area contributed by atoms with Gasteiger partial charge in [0.25, 0.3) is 0 Å². The number of nitrogens with zero attached hydrogens (tertiary/aromatic N) is 3. The van der Waals surface area contributed by atoms with Crippen LogP contribution in [0.2, 0.25) is 0 Å². The van der Waals surface area contributed by atoms with Crippen molar-refractivity contribution in [1.82, 2.24) is 14.9 Å². The number of nitrogens with one attached hydrogen (secondary N) is 1. The van der Waals surface area contributed by atoms with Crippen LogP contribution >= 0.6 is 0 Å². The van der Waals surface area contributed by atoms with Gasteiger partial charge in [-0.2, -0.15) is 13.2 Å². The van der Waals surface area contributed by atoms with Crippen LogP contribution in [0.4, 0.5) is 24.8 Å². The number of alkyl halides is 3. The van der Waals surface area contributed by atoms with Gasteiger partial charge in [-0.25, -0.2) is 9.97 Å². The van der Waals surface area contributed by atoms with Crippen molar-refractivity contribution in [1.29, 1.82) is 0 Å². The molecule has 0 aliphatic heterocycles. The van der Waals surface area contributed by atoms with Crippen LogP contribution < -0.4 is 11.1 Å². The van der Waals surface area contributed by atoms with E-state index in [1.165, 1.54) is 6.07 Å². The maximum absolute atomic E-state index is 12.5. The summed E-state index contributed by atoms with van der Waals surface area (Å²) in [5, 5.41) is 2.84. The second-order valence-corrected chi connectivity index (χ2v) is 4.66. The van der Waals surface area contributed by atoms with Gasteiger partial charge in [0.15, 0.2) is 0 Å². The van der Waals surface area contributed by atoms with Crippen LogP contribution in [-0.2, 0) is 6.18 Å². The molecule has 3 N–H and O–H groups in total. The lowest BCUT2D eigenvalue weighted by Crippen LogP contribution is -2.32. The highest BCUT2D eigenvalue weighted by atomic mass is 19.4. The van der Waals surface area contributed by atoms with Crippen molar-refractivity contribution in [2.75, 3.05) is 31.2 Å². The lowest BCUT2D eigenvalue weighted by molar-refractivity contribution is -0.144. The number of hydrogen-bond donors (Lipinski definition) is 2. The summed E-state index contributed by atoms with van der Waals surface area (Å²) in [7, 11) is 1.96. The number of nitrogens with two attached hydrogens (primary N) is 1. The van der Waals surface area contributed by atoms with Crippen LogP contribution in [0.1, 0.15) is 26.1 Å². The first-order valence-electron chi connectivity index (χ1n) is 6.40. The highest BCUT2D eigenvalue weighted by Crippen LogP contribution is 2.27. The zero-order valence-electron chi connectivity index (χ0n) is 11.8. The molecule has 0 spiro atoms. The molecule has 0 fully saturated rings. The lowest BCUT2D eigenvalue weighted by atomic mass is 10.2. The minimum Gasteiger partial charge on any atom is -0.384 e. The summed E-state index contributed by atoms with van der Waals surface area (Å²) in [4.78, 5) is 8.72. The van der Waals surface area contributed by atoms with Gasteiger partial charge in [-0.15, -0.1) is 0 Å². The Hall–Kier alpha value is -1.57. The Morgan fingerprint density at radius 2 is 2.05 bits per heavy atom. The molecule has 1 atom stereocenters. The maximum atomic E-state index is 12.5. The first-order valence-corrected chi connectivity index (χ1v) is 6.40. The topological polar surface area (TPSA) is 67.1 Å². The van der Waals surface area contributed by atoms with Gasteiger partial charge in [0.1, 0.15) is 11.6 Å². The molecule has 0 aliphatic rings. The van der Waals surface area contributed by atoms with E-state index in [1.807, 2.05) is 7.05 Å². The number of nitrogen functional groups attached to an aromatic ring is 1. The molecular formula is C12H20F3N5. The molecule has 0 radical (unpaired) electrons. The third kappa shape index (κ3) is 4.84. The summed E-state index contributed by atoms with van der Waals surface area (Å²) < 4.78 is 37.6. The van der Waals surface area contributed by atoms with Gasteiger partial charge in [0.2, 0.25) is 5.82 Å². The first kappa shape index (κ1) is 16.5. The van der Waals surface area contributed by atoms with Crippen molar-refractivity contribution >= 4 is 11.6 Å². The van der Waals surface area contributed by atoms with Crippen LogP contribution in [0.25, 0.3) is 0 Å². The predicted molar refractivity (Wildman–Crippen MR) is 72.3 cm³/mol. The normalized spacial score (nSPS) is 13.6. The van der Waals surface area contributed by atoms with E-state index in [0.29, 0.717) is 19.1 Å². The average molecular weight is 291 g/mol. The predicted octanol–water partition coefficient (Wildman–Crippen LogP) is 2.22. The molecular weight excluding hydrogens is 271 g/mol. The molecule has 5 nitrogen and oxygen atoms in total. The highest BCUT2D eigenvalue weighted by Gasteiger charge is 2.35. The maximum Gasteiger partial charge on any atom is 0.451 e. The summed E-state index contributed by atoms with van der Waals surface area (Å²) >= 11 is 0. The molecule has 1 aromatic rings. The van der Waals surface area contributed by atoms with E-state index < -0.39 is 12.0 Å². The monoisotopic (exact) mass is 291 g/mol. The SMILES string of the molecule is CCC(C)N(C)CCNc1cc(N)nc(C(F)(F)F)n1. The summed E-state index contributed by atoms with van der Waals surface area (Å²) in [5.74, 6) is -1.34. The van der Waals surface area contributed by atoms with Gasteiger partial charge in [-0.1, -0.05) is 6.92 Å². The molecule has 1 aromatic heterocycles. The van der Waals surface area contributed by atoms with E-state index in [0.717, 1.165) is 6.42 Å². The molecule has 0 amide bonds. The van der Waals surface area contributed by atoms with Gasteiger partial charge < -0.3 is 16.0 Å². The fourth-order valence-electron chi connectivity index (χ4n) is 1.58. The van der Waals surface area contributed by atoms with E-state index in [9.17, 15) is 13.2 Å². The summed E-state index contributed by atoms with van der Waals surface area (Å²) in [6, 6.07) is 1.70. The van der Waals surface area contributed by atoms with Gasteiger partial charge in [0, 0.05) is 25.2 Å². The van der Waals surface area contributed by atoms with E-state index >= 15 is 0 Å². The molecule has 0 bridgehead atoms. The van der Waals surface area contributed by atoms with Crippen LogP contribution in [-0.4, -0.2) is 41.0 Å². The van der Waals surface area contributed by atoms with Crippen molar-refractivity contribution in [2.24, 2.45) is 0 Å². The lowest BCUT2D eigenvalue weighted by Gasteiger charge is -2.23. The molecule has 0 aromatic carbocycles. The van der Waals surface area contributed by atoms with Crippen LogP contribution in [0.5, 0.6) is 0 Å². The molecule has 0 aliphatic carbocycles. The van der Waals surface area contributed by atoms with Crippen molar-refractivity contribution < 1.29 is 13.2 Å². The Labute approximate surface area is 116 Å². The third-order valence-corrected chi connectivity index (χ3v) is 3.11. The number of aromatic nitrogens is 2. The molecule has 20 heavy (non-hydrogen) atoms. The van der Waals surface area contributed by atoms with Gasteiger partial charge >= 0.3 is 6.18 Å². The summed E-state index contributed by atoms with van der Waals surface area (Å²) in [6.45, 7) is 5.34. The standard InChI is InChI=1S/C12H20F3N5/c1-4-8(2)20(3)6-5-17-10-7-9(16)18-11(19-10)12(13,14)15/h7-8H,4-6H2,1-3H3,(H3,16,17,18,19). The number of halogens is 3. The Bertz CT molecular complexity index is 436. The zero-order chi connectivity index (χ0) is 15.3. The largest absolute Gasteiger partial charge is 0.451 e. The quantitative estimate of drug-likeness (QED) is 0.841. The molecule has 1 rings (SSSR count). The molecule has 0 saturated carbocycles. The molecule has 0 saturated heterocycles. The second-order valence-electron chi connectivity index (χ2n) is 4.66. The Balaban J connectivity index is 2.63. The van der Waals surface area contributed by atoms with Crippen LogP contribution in [0, 0.1) is 0 Å². The fraction of sp³-hybridized carbons (Fsp3) is 0.667. The van der Waals surface area contributed by atoms with Gasteiger partial charge in [-0.05, 0) is 20.4 Å². The van der Waals surface area contributed by atoms with E-state index in [-0.39, 0.29) is 11.6 Å². The minimum atomic E-state index is -4.60. The summed E-state index contributed by atoms with van der Waals surface area (Å²) in [6.07, 6.45) is -3.59. The highest BCUT2D eigenvalue weighted by molar-refractivity contribution is 5.44. The smallest absolute Gasteiger partial charge is 0.384 e. The van der Waals surface area contributed by atoms with E-state index in [2.05, 4.69) is 34.0 Å². The fourth-order valence-corrected chi connectivity index (χ4v) is 1.58. The number of hydrogen-bond acceptors (Lipinski definition) is 5. The first-order chi connectivity index (χ1) is 9.24. The molecule has 114 valence electrons. The van der Waals surface area contributed by atoms with Crippen molar-refractivity contribution in [3.63, 3.8) is 0 Å². The van der Waals surface area contributed by atoms with Crippen LogP contribution in [0.3, 0.4) is 0 Å². The summed E-state index contributed by atoms with van der Waals surface area (Å²) in [5.41, 5.74) is 5.36. The van der Waals surface area contributed by atoms with Crippen molar-refractivity contribution in [3.05, 3.63) is 11.9 Å². The van der Waals surface area contributed by atoms with Crippen molar-refractivity contribution in [3.8, 4) is 0 Å². The molecule has 1 heterocycles. The molecule has 8 heteroatoms. The Kier molecular flexibility index (Phi) is 5.55. The minimum absolute atomic E-state index is 0.0855. The molecule has 1 unspecified atom stereocenters. The van der Waals surface area contributed by atoms with Gasteiger partial charge in [0.05, 0.1) is 0 Å². The number of rotatable bonds is 6. The van der Waals surface area contributed by atoms with Crippen LogP contribution in [0.15, 0.2) is 6.07 Å². The van der Waals surface area contributed by atoms with E-state index in [4.69, 9.17) is 5.73 Å². The number of likely N-dealkylation sites (N-methyl/N-ethyl adjacent to an activating group) is 1. The second kappa shape index (κ2) is 6.74. The Morgan fingerprint density at radius 3 is 2.60 bits per heavy atom. The third-order valence-electron chi connectivity index (χ3n) is 3.11. The number of anilines is 2. The Morgan fingerprint density at radius 1 is 1.40 bits per heavy atom. The van der Waals surface area contributed by atoms with E-state index in [1.54, 1.807) is 0 Å². The average Bonchev–Trinajstić information content (AvgIpc) is 2.36. The van der Waals surface area contributed by atoms with Gasteiger partial charge in [-0.3, -0.25) is 0 Å². The van der Waals surface area contributed by atoms with Crippen molar-refractivity contribution in [2.45, 2.75) is 32.5 Å². The zero-order valence-corrected chi connectivity index (χ0v) is 11.8.